The van der Waals surface area contributed by atoms with Gasteiger partial charge in [0, 0.05) is 11.6 Å². The van der Waals surface area contributed by atoms with E-state index in [0.717, 1.165) is 27.6 Å². The molecule has 2 aromatic carbocycles. The van der Waals surface area contributed by atoms with Gasteiger partial charge in [0.1, 0.15) is 0 Å². The number of aromatic amines is 1. The number of benzene rings is 2. The molecular formula is C16H10ClN3S. The first-order chi connectivity index (χ1) is 10.3. The maximum absolute atomic E-state index is 6.27. The van der Waals surface area contributed by atoms with E-state index in [2.05, 4.69) is 9.97 Å². The van der Waals surface area contributed by atoms with E-state index in [9.17, 15) is 0 Å². The molecule has 0 aliphatic rings. The lowest BCUT2D eigenvalue weighted by atomic mass is 10.2. The summed E-state index contributed by atoms with van der Waals surface area (Å²) in [6.45, 7) is 0. The van der Waals surface area contributed by atoms with Crippen molar-refractivity contribution in [2.45, 2.75) is 0 Å². The number of para-hydroxylation sites is 2. The summed E-state index contributed by atoms with van der Waals surface area (Å²) in [6, 6.07) is 15.7. The minimum atomic E-state index is 0.644. The minimum Gasteiger partial charge on any atom is -0.330 e. The summed E-state index contributed by atoms with van der Waals surface area (Å²) < 4.78 is 2.64. The SMILES string of the molecule is S=c1[nH]c2ccccc2n1-c1ccc(Cl)c2cccnc12. The number of hydrogen-bond donors (Lipinski definition) is 1. The van der Waals surface area contributed by atoms with E-state index in [4.69, 9.17) is 23.8 Å². The van der Waals surface area contributed by atoms with E-state index in [1.54, 1.807) is 6.20 Å². The van der Waals surface area contributed by atoms with Crippen LogP contribution in [0.25, 0.3) is 27.6 Å². The van der Waals surface area contributed by atoms with Crippen LogP contribution in [-0.4, -0.2) is 14.5 Å². The Balaban J connectivity index is 2.17. The summed E-state index contributed by atoms with van der Waals surface area (Å²) in [5.74, 6) is 0. The Morgan fingerprint density at radius 3 is 2.81 bits per heavy atom. The number of nitrogens with one attached hydrogen (secondary N) is 1. The van der Waals surface area contributed by atoms with Gasteiger partial charge in [0.05, 0.1) is 27.3 Å². The second-order valence-electron chi connectivity index (χ2n) is 4.75. The molecule has 0 atom stereocenters. The van der Waals surface area contributed by atoms with Crippen LogP contribution in [0.5, 0.6) is 0 Å². The van der Waals surface area contributed by atoms with Crippen molar-refractivity contribution in [1.29, 1.82) is 0 Å². The molecule has 0 unspecified atom stereocenters. The molecule has 0 aliphatic carbocycles. The molecule has 0 saturated heterocycles. The number of rotatable bonds is 1. The molecule has 0 amide bonds. The third kappa shape index (κ3) is 1.87. The number of halogens is 1. The highest BCUT2D eigenvalue weighted by Crippen LogP contribution is 2.29. The first-order valence-corrected chi connectivity index (χ1v) is 7.28. The molecule has 4 aromatic rings. The Hall–Kier alpha value is -2.17. The number of imidazole rings is 1. The Bertz CT molecular complexity index is 1030. The van der Waals surface area contributed by atoms with Gasteiger partial charge in [-0.05, 0) is 48.6 Å². The van der Waals surface area contributed by atoms with Crippen LogP contribution in [0.2, 0.25) is 5.02 Å². The highest BCUT2D eigenvalue weighted by Gasteiger charge is 2.11. The molecular weight excluding hydrogens is 302 g/mol. The Labute approximate surface area is 130 Å². The van der Waals surface area contributed by atoms with Gasteiger partial charge in [-0.25, -0.2) is 0 Å². The molecule has 102 valence electrons. The summed E-state index contributed by atoms with van der Waals surface area (Å²) in [6.07, 6.45) is 1.76. The van der Waals surface area contributed by atoms with Gasteiger partial charge in [0.25, 0.3) is 0 Å². The van der Waals surface area contributed by atoms with E-state index >= 15 is 0 Å². The summed E-state index contributed by atoms with van der Waals surface area (Å²) in [4.78, 5) is 7.70. The van der Waals surface area contributed by atoms with Gasteiger partial charge < -0.3 is 4.98 Å². The standard InChI is InChI=1S/C16H10ClN3S/c17-11-7-8-14(15-10(11)4-3-9-18-15)20-13-6-2-1-5-12(13)19-16(20)21/h1-9H,(H,19,21). The number of nitrogens with zero attached hydrogens (tertiary/aromatic N) is 2. The number of aromatic nitrogens is 3. The molecule has 0 spiro atoms. The van der Waals surface area contributed by atoms with Crippen molar-refractivity contribution in [3.05, 3.63) is 64.5 Å². The van der Waals surface area contributed by atoms with Gasteiger partial charge in [0.15, 0.2) is 4.77 Å². The van der Waals surface area contributed by atoms with Crippen LogP contribution in [0.15, 0.2) is 54.7 Å². The molecule has 0 saturated carbocycles. The highest BCUT2D eigenvalue weighted by molar-refractivity contribution is 7.71. The first kappa shape index (κ1) is 12.6. The second-order valence-corrected chi connectivity index (χ2v) is 5.54. The number of hydrogen-bond acceptors (Lipinski definition) is 2. The average Bonchev–Trinajstić information content (AvgIpc) is 2.84. The van der Waals surface area contributed by atoms with Gasteiger partial charge in [0.2, 0.25) is 0 Å². The van der Waals surface area contributed by atoms with Crippen molar-refractivity contribution in [2.75, 3.05) is 0 Å². The van der Waals surface area contributed by atoms with Gasteiger partial charge in [-0.2, -0.15) is 0 Å². The molecule has 3 nitrogen and oxygen atoms in total. The summed E-state index contributed by atoms with van der Waals surface area (Å²) >= 11 is 11.7. The smallest absolute Gasteiger partial charge is 0.182 e. The molecule has 0 fully saturated rings. The molecule has 21 heavy (non-hydrogen) atoms. The van der Waals surface area contributed by atoms with Crippen LogP contribution in [0.4, 0.5) is 0 Å². The Morgan fingerprint density at radius 2 is 1.90 bits per heavy atom. The van der Waals surface area contributed by atoms with Crippen LogP contribution < -0.4 is 0 Å². The van der Waals surface area contributed by atoms with Gasteiger partial charge in [-0.1, -0.05) is 23.7 Å². The van der Waals surface area contributed by atoms with Crippen LogP contribution in [0.3, 0.4) is 0 Å². The zero-order valence-electron chi connectivity index (χ0n) is 10.9. The maximum atomic E-state index is 6.27. The van der Waals surface area contributed by atoms with E-state index in [1.807, 2.05) is 53.1 Å². The average molecular weight is 312 g/mol. The van der Waals surface area contributed by atoms with Crippen LogP contribution in [0.1, 0.15) is 0 Å². The largest absolute Gasteiger partial charge is 0.330 e. The fraction of sp³-hybridized carbons (Fsp3) is 0. The molecule has 0 radical (unpaired) electrons. The summed E-state index contributed by atoms with van der Waals surface area (Å²) in [5.41, 5.74) is 3.79. The van der Waals surface area contributed by atoms with E-state index in [1.165, 1.54) is 0 Å². The quantitative estimate of drug-likeness (QED) is 0.508. The fourth-order valence-electron chi connectivity index (χ4n) is 2.60. The maximum Gasteiger partial charge on any atom is 0.182 e. The minimum absolute atomic E-state index is 0.644. The number of fused-ring (bicyclic) bond motifs is 2. The van der Waals surface area contributed by atoms with E-state index < -0.39 is 0 Å². The van der Waals surface area contributed by atoms with Gasteiger partial charge >= 0.3 is 0 Å². The normalized spacial score (nSPS) is 11.3. The van der Waals surface area contributed by atoms with Crippen molar-refractivity contribution < 1.29 is 0 Å². The van der Waals surface area contributed by atoms with Crippen LogP contribution in [-0.2, 0) is 0 Å². The molecule has 4 rings (SSSR count). The zero-order valence-corrected chi connectivity index (χ0v) is 12.4. The van der Waals surface area contributed by atoms with Gasteiger partial charge in [-0.15, -0.1) is 0 Å². The van der Waals surface area contributed by atoms with Crippen molar-refractivity contribution >= 4 is 45.8 Å². The zero-order chi connectivity index (χ0) is 14.4. The lowest BCUT2D eigenvalue weighted by Gasteiger charge is -2.09. The topological polar surface area (TPSA) is 33.6 Å². The molecule has 2 aromatic heterocycles. The molecule has 5 heteroatoms. The first-order valence-electron chi connectivity index (χ1n) is 6.49. The van der Waals surface area contributed by atoms with Crippen LogP contribution in [0, 0.1) is 4.77 Å². The van der Waals surface area contributed by atoms with E-state index in [-0.39, 0.29) is 0 Å². The van der Waals surface area contributed by atoms with Crippen molar-refractivity contribution in [1.82, 2.24) is 14.5 Å². The predicted molar refractivity (Wildman–Crippen MR) is 88.8 cm³/mol. The van der Waals surface area contributed by atoms with Crippen LogP contribution >= 0.6 is 23.8 Å². The molecule has 0 aliphatic heterocycles. The molecule has 0 bridgehead atoms. The number of pyridine rings is 1. The third-order valence-corrected chi connectivity index (χ3v) is 4.14. The Morgan fingerprint density at radius 1 is 1.05 bits per heavy atom. The molecule has 1 N–H and O–H groups in total. The fourth-order valence-corrected chi connectivity index (χ4v) is 3.12. The van der Waals surface area contributed by atoms with Crippen molar-refractivity contribution in [3.8, 4) is 5.69 Å². The lowest BCUT2D eigenvalue weighted by Crippen LogP contribution is -1.96. The lowest BCUT2D eigenvalue weighted by molar-refractivity contribution is 1.07. The molecule has 2 heterocycles. The summed E-state index contributed by atoms with van der Waals surface area (Å²) in [5, 5.41) is 1.61. The van der Waals surface area contributed by atoms with Crippen molar-refractivity contribution in [2.24, 2.45) is 0 Å². The monoisotopic (exact) mass is 311 g/mol. The summed E-state index contributed by atoms with van der Waals surface area (Å²) in [7, 11) is 0. The van der Waals surface area contributed by atoms with Gasteiger partial charge in [-0.3, -0.25) is 9.55 Å². The predicted octanol–water partition coefficient (Wildman–Crippen LogP) is 4.89. The van der Waals surface area contributed by atoms with Crippen molar-refractivity contribution in [3.63, 3.8) is 0 Å². The second kappa shape index (κ2) is 4.69. The third-order valence-electron chi connectivity index (χ3n) is 3.53. The number of H-pyrrole nitrogens is 1. The van der Waals surface area contributed by atoms with E-state index in [0.29, 0.717) is 9.79 Å². The highest BCUT2D eigenvalue weighted by atomic mass is 35.5. The Kier molecular flexibility index (Phi) is 2.80.